The molecular weight excluding hydrogens is 250 g/mol. The van der Waals surface area contributed by atoms with Crippen LogP contribution in [0, 0.1) is 16.0 Å². The van der Waals surface area contributed by atoms with E-state index < -0.39 is 4.92 Å². The number of carbonyl (C=O) groups excluding carboxylic acids is 1. The van der Waals surface area contributed by atoms with Crippen LogP contribution in [-0.4, -0.2) is 40.2 Å². The summed E-state index contributed by atoms with van der Waals surface area (Å²) in [7, 11) is 0. The molecular formula is C11H17N5O3. The van der Waals surface area contributed by atoms with E-state index in [1.165, 1.54) is 16.9 Å². The molecule has 8 nitrogen and oxygen atoms in total. The quantitative estimate of drug-likeness (QED) is 0.554. The number of hydrogen-bond donors (Lipinski definition) is 2. The minimum absolute atomic E-state index is 0.0107. The summed E-state index contributed by atoms with van der Waals surface area (Å²) in [6.45, 7) is 2.71. The van der Waals surface area contributed by atoms with Gasteiger partial charge in [0.15, 0.2) is 0 Å². The van der Waals surface area contributed by atoms with E-state index in [1.807, 2.05) is 0 Å². The normalized spacial score (nSPS) is 18.4. The van der Waals surface area contributed by atoms with E-state index in [0.29, 0.717) is 12.5 Å². The molecule has 1 amide bonds. The molecule has 2 N–H and O–H groups in total. The topological polar surface area (TPSA) is 102 Å². The van der Waals surface area contributed by atoms with Crippen molar-refractivity contribution in [3.05, 3.63) is 22.4 Å². The van der Waals surface area contributed by atoms with E-state index in [-0.39, 0.29) is 18.3 Å². The molecule has 1 atom stereocenters. The van der Waals surface area contributed by atoms with Crippen LogP contribution in [-0.2, 0) is 11.3 Å². The third-order valence-electron chi connectivity index (χ3n) is 3.16. The lowest BCUT2D eigenvalue weighted by Crippen LogP contribution is -2.29. The first kappa shape index (κ1) is 13.5. The van der Waals surface area contributed by atoms with E-state index in [2.05, 4.69) is 15.7 Å². The third-order valence-corrected chi connectivity index (χ3v) is 3.16. The van der Waals surface area contributed by atoms with Crippen LogP contribution < -0.4 is 10.6 Å². The zero-order valence-corrected chi connectivity index (χ0v) is 10.5. The standard InChI is InChI=1S/C11H17N5O3/c17-11(13-5-2-9-1-4-12-7-9)8-15-6-3-10(14-15)16(18)19/h3,6,9,12H,1-2,4-5,7-8H2,(H,13,17). The Kier molecular flexibility index (Phi) is 4.45. The lowest BCUT2D eigenvalue weighted by atomic mass is 10.1. The molecule has 0 radical (unpaired) electrons. The predicted octanol–water partition coefficient (Wildman–Crippen LogP) is -0.0929. The summed E-state index contributed by atoms with van der Waals surface area (Å²) in [5.74, 6) is 0.208. The first-order valence-corrected chi connectivity index (χ1v) is 6.30. The highest BCUT2D eigenvalue weighted by molar-refractivity contribution is 5.75. The zero-order valence-electron chi connectivity index (χ0n) is 10.5. The number of nitrogens with one attached hydrogen (secondary N) is 2. The highest BCUT2D eigenvalue weighted by atomic mass is 16.6. The molecule has 1 aliphatic rings. The van der Waals surface area contributed by atoms with Gasteiger partial charge < -0.3 is 20.7 Å². The van der Waals surface area contributed by atoms with E-state index in [9.17, 15) is 14.9 Å². The second-order valence-corrected chi connectivity index (χ2v) is 4.63. The van der Waals surface area contributed by atoms with Crippen molar-refractivity contribution < 1.29 is 9.72 Å². The average molecular weight is 267 g/mol. The van der Waals surface area contributed by atoms with Crippen LogP contribution in [0.1, 0.15) is 12.8 Å². The lowest BCUT2D eigenvalue weighted by molar-refractivity contribution is -0.389. The number of nitrogens with zero attached hydrogens (tertiary/aromatic N) is 3. The molecule has 1 fully saturated rings. The van der Waals surface area contributed by atoms with Gasteiger partial charge in [0.25, 0.3) is 0 Å². The molecule has 1 unspecified atom stereocenters. The molecule has 2 heterocycles. The van der Waals surface area contributed by atoms with Gasteiger partial charge in [-0.3, -0.25) is 4.79 Å². The Bertz CT molecular complexity index is 453. The molecule has 0 aliphatic carbocycles. The Morgan fingerprint density at radius 1 is 1.68 bits per heavy atom. The van der Waals surface area contributed by atoms with Gasteiger partial charge in [0.2, 0.25) is 5.91 Å². The van der Waals surface area contributed by atoms with E-state index in [0.717, 1.165) is 25.9 Å². The summed E-state index contributed by atoms with van der Waals surface area (Å²) in [4.78, 5) is 21.5. The van der Waals surface area contributed by atoms with Crippen LogP contribution in [0.3, 0.4) is 0 Å². The molecule has 19 heavy (non-hydrogen) atoms. The monoisotopic (exact) mass is 267 g/mol. The Balaban J connectivity index is 1.69. The second kappa shape index (κ2) is 6.28. The molecule has 0 spiro atoms. The van der Waals surface area contributed by atoms with Crippen LogP contribution in [0.4, 0.5) is 5.82 Å². The number of hydrogen-bond acceptors (Lipinski definition) is 5. The molecule has 1 aromatic heterocycles. The van der Waals surface area contributed by atoms with Crippen molar-refractivity contribution in [3.8, 4) is 0 Å². The molecule has 104 valence electrons. The second-order valence-electron chi connectivity index (χ2n) is 4.63. The maximum Gasteiger partial charge on any atom is 0.389 e. The molecule has 1 aliphatic heterocycles. The van der Waals surface area contributed by atoms with Gasteiger partial charge >= 0.3 is 5.82 Å². The number of aromatic nitrogens is 2. The molecule has 1 aromatic rings. The fraction of sp³-hybridized carbons (Fsp3) is 0.636. The highest BCUT2D eigenvalue weighted by Gasteiger charge is 2.15. The minimum atomic E-state index is -0.582. The first-order chi connectivity index (χ1) is 9.15. The van der Waals surface area contributed by atoms with Crippen molar-refractivity contribution in [2.45, 2.75) is 19.4 Å². The van der Waals surface area contributed by atoms with Gasteiger partial charge in [0.05, 0.1) is 17.4 Å². The Hall–Kier alpha value is -1.96. The molecule has 0 aromatic carbocycles. The highest BCUT2D eigenvalue weighted by Crippen LogP contribution is 2.10. The Morgan fingerprint density at radius 3 is 3.16 bits per heavy atom. The smallest absolute Gasteiger partial charge is 0.358 e. The van der Waals surface area contributed by atoms with Crippen molar-refractivity contribution in [3.63, 3.8) is 0 Å². The zero-order chi connectivity index (χ0) is 13.7. The van der Waals surface area contributed by atoms with Gasteiger partial charge in [-0.2, -0.15) is 4.68 Å². The maximum atomic E-state index is 11.6. The summed E-state index contributed by atoms with van der Waals surface area (Å²) in [5, 5.41) is 20.2. The molecule has 2 rings (SSSR count). The van der Waals surface area contributed by atoms with E-state index in [1.54, 1.807) is 0 Å². The van der Waals surface area contributed by atoms with E-state index in [4.69, 9.17) is 0 Å². The van der Waals surface area contributed by atoms with Crippen LogP contribution in [0.5, 0.6) is 0 Å². The molecule has 0 saturated carbocycles. The van der Waals surface area contributed by atoms with Crippen molar-refractivity contribution in [1.82, 2.24) is 20.4 Å². The van der Waals surface area contributed by atoms with Crippen molar-refractivity contribution in [1.29, 1.82) is 0 Å². The Morgan fingerprint density at radius 2 is 2.53 bits per heavy atom. The SMILES string of the molecule is O=C(Cn1ccc([N+](=O)[O-])n1)NCCC1CCNC1. The van der Waals surface area contributed by atoms with Crippen molar-refractivity contribution >= 4 is 11.7 Å². The summed E-state index contributed by atoms with van der Waals surface area (Å²) < 4.78 is 1.27. The van der Waals surface area contributed by atoms with E-state index >= 15 is 0 Å². The number of rotatable bonds is 6. The summed E-state index contributed by atoms with van der Waals surface area (Å²) in [6, 6.07) is 1.28. The average Bonchev–Trinajstić information content (AvgIpc) is 3.00. The number of carbonyl (C=O) groups is 1. The van der Waals surface area contributed by atoms with Crippen LogP contribution in [0.15, 0.2) is 12.3 Å². The fourth-order valence-corrected chi connectivity index (χ4v) is 2.12. The van der Waals surface area contributed by atoms with Crippen LogP contribution in [0.2, 0.25) is 0 Å². The first-order valence-electron chi connectivity index (χ1n) is 6.30. The number of nitro groups is 1. The molecule has 8 heteroatoms. The summed E-state index contributed by atoms with van der Waals surface area (Å²) >= 11 is 0. The van der Waals surface area contributed by atoms with Gasteiger partial charge in [-0.1, -0.05) is 0 Å². The van der Waals surface area contributed by atoms with Gasteiger partial charge in [0, 0.05) is 6.54 Å². The molecule has 0 bridgehead atoms. The van der Waals surface area contributed by atoms with Crippen LogP contribution in [0.25, 0.3) is 0 Å². The van der Waals surface area contributed by atoms with Gasteiger partial charge in [-0.05, 0) is 36.8 Å². The number of amides is 1. The van der Waals surface area contributed by atoms with Crippen LogP contribution >= 0.6 is 0 Å². The van der Waals surface area contributed by atoms with Crippen molar-refractivity contribution in [2.24, 2.45) is 5.92 Å². The lowest BCUT2D eigenvalue weighted by Gasteiger charge is -2.08. The fourth-order valence-electron chi connectivity index (χ4n) is 2.12. The minimum Gasteiger partial charge on any atom is -0.358 e. The van der Waals surface area contributed by atoms with Gasteiger partial charge in [0.1, 0.15) is 6.54 Å². The van der Waals surface area contributed by atoms with Gasteiger partial charge in [-0.25, -0.2) is 0 Å². The largest absolute Gasteiger partial charge is 0.389 e. The third kappa shape index (κ3) is 4.02. The predicted molar refractivity (Wildman–Crippen MR) is 67.5 cm³/mol. The molecule has 1 saturated heterocycles. The van der Waals surface area contributed by atoms with Crippen molar-refractivity contribution in [2.75, 3.05) is 19.6 Å². The van der Waals surface area contributed by atoms with Gasteiger partial charge in [-0.15, -0.1) is 0 Å². The summed E-state index contributed by atoms with van der Waals surface area (Å²) in [5.41, 5.74) is 0. The Labute approximate surface area is 110 Å². The maximum absolute atomic E-state index is 11.6. The summed E-state index contributed by atoms with van der Waals surface area (Å²) in [6.07, 6.45) is 3.54.